The molecule has 0 radical (unpaired) electrons. The Balaban J connectivity index is 2.35. The van der Waals surface area contributed by atoms with Crippen LogP contribution in [-0.4, -0.2) is 4.40 Å². The van der Waals surface area contributed by atoms with Crippen LogP contribution in [0.2, 0.25) is 5.02 Å². The Bertz CT molecular complexity index is 1250. The molecule has 0 aliphatic rings. The number of benzene rings is 3. The average molecular weight is 304 g/mol. The lowest BCUT2D eigenvalue weighted by atomic mass is 10.1. The summed E-state index contributed by atoms with van der Waals surface area (Å²) in [7, 11) is 0. The van der Waals surface area contributed by atoms with E-state index in [9.17, 15) is 4.79 Å². The van der Waals surface area contributed by atoms with Crippen molar-refractivity contribution in [1.29, 1.82) is 0 Å². The van der Waals surface area contributed by atoms with Gasteiger partial charge in [-0.15, -0.1) is 0 Å². The van der Waals surface area contributed by atoms with E-state index in [1.165, 1.54) is 0 Å². The molecule has 0 fully saturated rings. The van der Waals surface area contributed by atoms with Gasteiger partial charge < -0.3 is 4.40 Å². The molecule has 3 aromatic carbocycles. The zero-order valence-electron chi connectivity index (χ0n) is 11.5. The first-order chi connectivity index (χ1) is 10.8. The van der Waals surface area contributed by atoms with E-state index in [1.54, 1.807) is 0 Å². The molecule has 0 atom stereocenters. The zero-order chi connectivity index (χ0) is 14.8. The highest BCUT2D eigenvalue weighted by atomic mass is 35.5. The molecule has 3 heteroatoms. The van der Waals surface area contributed by atoms with Crippen LogP contribution in [0.15, 0.2) is 65.5 Å². The third kappa shape index (κ3) is 1.29. The smallest absolute Gasteiger partial charge is 0.197 e. The van der Waals surface area contributed by atoms with Crippen molar-refractivity contribution in [1.82, 2.24) is 4.40 Å². The summed E-state index contributed by atoms with van der Waals surface area (Å²) in [4.78, 5) is 12.8. The quantitative estimate of drug-likeness (QED) is 0.375. The summed E-state index contributed by atoms with van der Waals surface area (Å²) in [6.45, 7) is 0. The lowest BCUT2D eigenvalue weighted by molar-refractivity contribution is 1.34. The maximum Gasteiger partial charge on any atom is 0.197 e. The van der Waals surface area contributed by atoms with E-state index in [1.807, 2.05) is 48.5 Å². The average Bonchev–Trinajstić information content (AvgIpc) is 2.90. The number of para-hydroxylation sites is 3. The SMILES string of the molecule is O=c1c2ccccc2n2c3c(Cl)cccc3c3cccc1c32. The van der Waals surface area contributed by atoms with Crippen LogP contribution in [0.5, 0.6) is 0 Å². The van der Waals surface area contributed by atoms with Crippen molar-refractivity contribution in [3.8, 4) is 0 Å². The third-order valence-electron chi connectivity index (χ3n) is 4.39. The molecule has 2 aromatic heterocycles. The summed E-state index contributed by atoms with van der Waals surface area (Å²) in [6.07, 6.45) is 0. The minimum Gasteiger partial charge on any atom is -0.306 e. The molecule has 0 N–H and O–H groups in total. The van der Waals surface area contributed by atoms with Crippen LogP contribution < -0.4 is 5.43 Å². The van der Waals surface area contributed by atoms with Crippen molar-refractivity contribution in [3.63, 3.8) is 0 Å². The molecular formula is C19H10ClNO. The Morgan fingerprint density at radius 3 is 2.18 bits per heavy atom. The summed E-state index contributed by atoms with van der Waals surface area (Å²) in [5, 5.41) is 4.30. The predicted molar refractivity (Wildman–Crippen MR) is 92.4 cm³/mol. The molecule has 0 bridgehead atoms. The summed E-state index contributed by atoms with van der Waals surface area (Å²) < 4.78 is 2.12. The fourth-order valence-electron chi connectivity index (χ4n) is 3.50. The molecule has 5 aromatic rings. The number of halogens is 1. The van der Waals surface area contributed by atoms with Crippen molar-refractivity contribution in [2.24, 2.45) is 0 Å². The largest absolute Gasteiger partial charge is 0.306 e. The first kappa shape index (κ1) is 12.0. The van der Waals surface area contributed by atoms with Gasteiger partial charge in [0.25, 0.3) is 0 Å². The minimum atomic E-state index is 0.0765. The molecule has 22 heavy (non-hydrogen) atoms. The molecule has 0 spiro atoms. The lowest BCUT2D eigenvalue weighted by Gasteiger charge is -2.07. The summed E-state index contributed by atoms with van der Waals surface area (Å²) in [6, 6.07) is 19.5. The first-order valence-electron chi connectivity index (χ1n) is 7.13. The van der Waals surface area contributed by atoms with Gasteiger partial charge in [-0.2, -0.15) is 0 Å². The molecule has 0 amide bonds. The number of aromatic nitrogens is 1. The van der Waals surface area contributed by atoms with Crippen LogP contribution in [0, 0.1) is 0 Å². The Labute approximate surface area is 130 Å². The Kier molecular flexibility index (Phi) is 2.18. The number of fused-ring (bicyclic) bond motifs is 5. The summed E-state index contributed by atoms with van der Waals surface area (Å²) in [5.74, 6) is 0. The van der Waals surface area contributed by atoms with Gasteiger partial charge in [0.05, 0.1) is 21.6 Å². The molecule has 0 saturated heterocycles. The van der Waals surface area contributed by atoms with E-state index in [2.05, 4.69) is 16.5 Å². The molecule has 5 rings (SSSR count). The normalized spacial score (nSPS) is 12.0. The molecule has 2 heterocycles. The maximum absolute atomic E-state index is 12.8. The lowest BCUT2D eigenvalue weighted by Crippen LogP contribution is -2.05. The van der Waals surface area contributed by atoms with Crippen molar-refractivity contribution >= 4 is 49.7 Å². The Morgan fingerprint density at radius 2 is 1.32 bits per heavy atom. The van der Waals surface area contributed by atoms with E-state index in [0.29, 0.717) is 5.02 Å². The van der Waals surface area contributed by atoms with Crippen LogP contribution in [-0.2, 0) is 0 Å². The molecule has 0 aliphatic heterocycles. The topological polar surface area (TPSA) is 21.5 Å². The second kappa shape index (κ2) is 3.99. The second-order valence-electron chi connectivity index (χ2n) is 5.52. The van der Waals surface area contributed by atoms with Gasteiger partial charge in [-0.25, -0.2) is 0 Å². The highest BCUT2D eigenvalue weighted by molar-refractivity contribution is 6.37. The second-order valence-corrected chi connectivity index (χ2v) is 5.93. The highest BCUT2D eigenvalue weighted by Crippen LogP contribution is 2.36. The van der Waals surface area contributed by atoms with Gasteiger partial charge in [0, 0.05) is 21.5 Å². The van der Waals surface area contributed by atoms with Crippen molar-refractivity contribution < 1.29 is 0 Å². The highest BCUT2D eigenvalue weighted by Gasteiger charge is 2.17. The number of hydrogen-bond acceptors (Lipinski definition) is 1. The van der Waals surface area contributed by atoms with E-state index in [0.717, 1.165) is 38.1 Å². The Hall–Kier alpha value is -2.58. The van der Waals surface area contributed by atoms with Crippen molar-refractivity contribution in [3.05, 3.63) is 75.9 Å². The Morgan fingerprint density at radius 1 is 0.682 bits per heavy atom. The minimum absolute atomic E-state index is 0.0765. The number of rotatable bonds is 0. The summed E-state index contributed by atoms with van der Waals surface area (Å²) >= 11 is 6.49. The molecule has 0 aliphatic carbocycles. The van der Waals surface area contributed by atoms with E-state index in [-0.39, 0.29) is 5.43 Å². The van der Waals surface area contributed by atoms with Crippen LogP contribution in [0.1, 0.15) is 0 Å². The van der Waals surface area contributed by atoms with Gasteiger partial charge in [0.15, 0.2) is 5.43 Å². The van der Waals surface area contributed by atoms with Gasteiger partial charge >= 0.3 is 0 Å². The molecule has 104 valence electrons. The van der Waals surface area contributed by atoms with Crippen LogP contribution in [0.4, 0.5) is 0 Å². The summed E-state index contributed by atoms with van der Waals surface area (Å²) in [5.41, 5.74) is 2.90. The van der Waals surface area contributed by atoms with Gasteiger partial charge in [-0.05, 0) is 24.3 Å². The number of pyridine rings is 1. The predicted octanol–water partition coefficient (Wildman–Crippen LogP) is 4.85. The van der Waals surface area contributed by atoms with Crippen LogP contribution >= 0.6 is 11.6 Å². The van der Waals surface area contributed by atoms with Crippen LogP contribution in [0.3, 0.4) is 0 Å². The number of nitrogens with zero attached hydrogens (tertiary/aromatic N) is 1. The van der Waals surface area contributed by atoms with Gasteiger partial charge in [0.1, 0.15) is 0 Å². The molecular weight excluding hydrogens is 294 g/mol. The van der Waals surface area contributed by atoms with Gasteiger partial charge in [0.2, 0.25) is 0 Å². The van der Waals surface area contributed by atoms with Gasteiger partial charge in [-0.3, -0.25) is 4.79 Å². The van der Waals surface area contributed by atoms with E-state index < -0.39 is 0 Å². The van der Waals surface area contributed by atoms with Gasteiger partial charge in [-0.1, -0.05) is 48.0 Å². The molecule has 0 saturated carbocycles. The monoisotopic (exact) mass is 303 g/mol. The standard InChI is InChI=1S/C19H10ClNO/c20-15-9-4-7-12-11-6-3-8-14-17(11)21(18(12)15)16-10-2-1-5-13(16)19(14)22/h1-10H. The maximum atomic E-state index is 12.8. The fourth-order valence-corrected chi connectivity index (χ4v) is 3.76. The number of hydrogen-bond donors (Lipinski definition) is 0. The third-order valence-corrected chi connectivity index (χ3v) is 4.70. The fraction of sp³-hybridized carbons (Fsp3) is 0. The van der Waals surface area contributed by atoms with Crippen molar-refractivity contribution in [2.45, 2.75) is 0 Å². The molecule has 2 nitrogen and oxygen atoms in total. The van der Waals surface area contributed by atoms with Crippen molar-refractivity contribution in [2.75, 3.05) is 0 Å². The van der Waals surface area contributed by atoms with Crippen LogP contribution in [0.25, 0.3) is 38.1 Å². The first-order valence-corrected chi connectivity index (χ1v) is 7.51. The molecule has 0 unspecified atom stereocenters. The van der Waals surface area contributed by atoms with E-state index in [4.69, 9.17) is 11.6 Å². The van der Waals surface area contributed by atoms with E-state index >= 15 is 0 Å². The zero-order valence-corrected chi connectivity index (χ0v) is 12.3.